The molecule has 2 rings (SSSR count). The lowest BCUT2D eigenvalue weighted by Gasteiger charge is -2.08. The van der Waals surface area contributed by atoms with Crippen molar-refractivity contribution >= 4 is 11.5 Å². The molecule has 0 spiro atoms. The van der Waals surface area contributed by atoms with Crippen LogP contribution in [0.4, 0.5) is 11.5 Å². The number of nitrogen functional groups attached to an aromatic ring is 1. The number of hydrogen-bond donors (Lipinski definition) is 2. The second-order valence-corrected chi connectivity index (χ2v) is 3.88. The molecule has 1 aromatic carbocycles. The number of hydrogen-bond acceptors (Lipinski definition) is 4. The normalized spacial score (nSPS) is 10.0. The Kier molecular flexibility index (Phi) is 4.41. The summed E-state index contributed by atoms with van der Waals surface area (Å²) in [5, 5.41) is 3.18. The molecule has 0 radical (unpaired) electrons. The van der Waals surface area contributed by atoms with E-state index in [4.69, 9.17) is 10.5 Å². The summed E-state index contributed by atoms with van der Waals surface area (Å²) in [4.78, 5) is 4.16. The SMILES string of the molecule is Nc1cccnc1NCCCOc1ccccc1. The smallest absolute Gasteiger partial charge is 0.149 e. The van der Waals surface area contributed by atoms with Gasteiger partial charge in [0.25, 0.3) is 0 Å². The molecule has 0 unspecified atom stereocenters. The first-order valence-electron chi connectivity index (χ1n) is 5.98. The van der Waals surface area contributed by atoms with Crippen molar-refractivity contribution < 1.29 is 4.74 Å². The van der Waals surface area contributed by atoms with E-state index in [1.165, 1.54) is 0 Å². The molecule has 4 nitrogen and oxygen atoms in total. The Morgan fingerprint density at radius 1 is 1.11 bits per heavy atom. The fourth-order valence-corrected chi connectivity index (χ4v) is 1.55. The largest absolute Gasteiger partial charge is 0.494 e. The van der Waals surface area contributed by atoms with E-state index in [1.54, 1.807) is 6.20 Å². The Balaban J connectivity index is 1.66. The zero-order valence-corrected chi connectivity index (χ0v) is 10.2. The maximum Gasteiger partial charge on any atom is 0.149 e. The Hall–Kier alpha value is -2.23. The molecule has 0 fully saturated rings. The van der Waals surface area contributed by atoms with Gasteiger partial charge < -0.3 is 15.8 Å². The first kappa shape index (κ1) is 12.2. The van der Waals surface area contributed by atoms with Crippen LogP contribution in [0.5, 0.6) is 5.75 Å². The minimum Gasteiger partial charge on any atom is -0.494 e. The average molecular weight is 243 g/mol. The molecule has 0 amide bonds. The van der Waals surface area contributed by atoms with E-state index in [0.717, 1.165) is 24.5 Å². The van der Waals surface area contributed by atoms with Crippen molar-refractivity contribution in [1.29, 1.82) is 0 Å². The van der Waals surface area contributed by atoms with Gasteiger partial charge in [0.2, 0.25) is 0 Å². The average Bonchev–Trinajstić information content (AvgIpc) is 2.42. The maximum absolute atomic E-state index is 5.77. The highest BCUT2D eigenvalue weighted by molar-refractivity contribution is 5.60. The molecule has 18 heavy (non-hydrogen) atoms. The number of anilines is 2. The predicted molar refractivity (Wildman–Crippen MR) is 73.7 cm³/mol. The van der Waals surface area contributed by atoms with Crippen molar-refractivity contribution in [3.63, 3.8) is 0 Å². The van der Waals surface area contributed by atoms with E-state index < -0.39 is 0 Å². The first-order valence-corrected chi connectivity index (χ1v) is 5.98. The maximum atomic E-state index is 5.77. The third kappa shape index (κ3) is 3.66. The Morgan fingerprint density at radius 2 is 1.94 bits per heavy atom. The van der Waals surface area contributed by atoms with Crippen LogP contribution in [0.15, 0.2) is 48.7 Å². The van der Waals surface area contributed by atoms with Gasteiger partial charge in [-0.15, -0.1) is 0 Å². The Bertz CT molecular complexity index is 473. The van der Waals surface area contributed by atoms with E-state index in [2.05, 4.69) is 10.3 Å². The molecule has 0 aliphatic rings. The Labute approximate surface area is 107 Å². The third-order valence-corrected chi connectivity index (χ3v) is 2.46. The van der Waals surface area contributed by atoms with Crippen LogP contribution < -0.4 is 15.8 Å². The highest BCUT2D eigenvalue weighted by Gasteiger charge is 1.97. The summed E-state index contributed by atoms with van der Waals surface area (Å²) >= 11 is 0. The molecule has 2 aromatic rings. The van der Waals surface area contributed by atoms with Gasteiger partial charge in [-0.1, -0.05) is 18.2 Å². The number of nitrogens with one attached hydrogen (secondary N) is 1. The fraction of sp³-hybridized carbons (Fsp3) is 0.214. The molecule has 1 heterocycles. The first-order chi connectivity index (χ1) is 8.86. The van der Waals surface area contributed by atoms with Crippen LogP contribution in [0.3, 0.4) is 0 Å². The summed E-state index contributed by atoms with van der Waals surface area (Å²) < 4.78 is 5.58. The number of para-hydroxylation sites is 1. The highest BCUT2D eigenvalue weighted by Crippen LogP contribution is 2.12. The van der Waals surface area contributed by atoms with E-state index in [-0.39, 0.29) is 0 Å². The van der Waals surface area contributed by atoms with Gasteiger partial charge in [0, 0.05) is 12.7 Å². The second kappa shape index (κ2) is 6.49. The molecule has 0 atom stereocenters. The molecule has 1 aromatic heterocycles. The topological polar surface area (TPSA) is 60.2 Å². The number of ether oxygens (including phenoxy) is 1. The minimum atomic E-state index is 0.668. The van der Waals surface area contributed by atoms with Crippen molar-refractivity contribution in [2.24, 2.45) is 0 Å². The summed E-state index contributed by atoms with van der Waals surface area (Å²) in [5.41, 5.74) is 6.44. The molecular formula is C14H17N3O. The summed E-state index contributed by atoms with van der Waals surface area (Å²) in [5.74, 6) is 1.63. The summed E-state index contributed by atoms with van der Waals surface area (Å²) in [7, 11) is 0. The van der Waals surface area contributed by atoms with Crippen LogP contribution in [0.1, 0.15) is 6.42 Å². The number of nitrogens with zero attached hydrogens (tertiary/aromatic N) is 1. The van der Waals surface area contributed by atoms with Crippen LogP contribution in [0.25, 0.3) is 0 Å². The molecule has 0 aliphatic carbocycles. The van der Waals surface area contributed by atoms with Crippen molar-refractivity contribution in [2.75, 3.05) is 24.2 Å². The van der Waals surface area contributed by atoms with Gasteiger partial charge in [0.1, 0.15) is 11.6 Å². The second-order valence-electron chi connectivity index (χ2n) is 3.88. The minimum absolute atomic E-state index is 0.668. The molecule has 4 heteroatoms. The molecular weight excluding hydrogens is 226 g/mol. The van der Waals surface area contributed by atoms with Gasteiger partial charge in [-0.3, -0.25) is 0 Å². The zero-order valence-electron chi connectivity index (χ0n) is 10.2. The monoisotopic (exact) mass is 243 g/mol. The fourth-order valence-electron chi connectivity index (χ4n) is 1.55. The number of benzene rings is 1. The van der Waals surface area contributed by atoms with Crippen molar-refractivity contribution in [3.8, 4) is 5.75 Å². The number of aromatic nitrogens is 1. The van der Waals surface area contributed by atoms with Crippen LogP contribution in [-0.4, -0.2) is 18.1 Å². The van der Waals surface area contributed by atoms with Crippen LogP contribution in [0, 0.1) is 0 Å². The van der Waals surface area contributed by atoms with Crippen LogP contribution in [0.2, 0.25) is 0 Å². The molecule has 0 bridgehead atoms. The van der Waals surface area contributed by atoms with Gasteiger partial charge in [0.15, 0.2) is 0 Å². The van der Waals surface area contributed by atoms with Gasteiger partial charge in [0.05, 0.1) is 12.3 Å². The van der Waals surface area contributed by atoms with Gasteiger partial charge >= 0.3 is 0 Å². The summed E-state index contributed by atoms with van der Waals surface area (Å²) in [6, 6.07) is 13.4. The van der Waals surface area contributed by atoms with Gasteiger partial charge in [-0.2, -0.15) is 0 Å². The van der Waals surface area contributed by atoms with Crippen LogP contribution >= 0.6 is 0 Å². The van der Waals surface area contributed by atoms with E-state index in [1.807, 2.05) is 42.5 Å². The zero-order chi connectivity index (χ0) is 12.6. The highest BCUT2D eigenvalue weighted by atomic mass is 16.5. The molecule has 0 saturated heterocycles. The molecule has 0 saturated carbocycles. The van der Waals surface area contributed by atoms with Crippen molar-refractivity contribution in [3.05, 3.63) is 48.7 Å². The quantitative estimate of drug-likeness (QED) is 0.765. The number of rotatable bonds is 6. The number of pyridine rings is 1. The molecule has 3 N–H and O–H groups in total. The van der Waals surface area contributed by atoms with Crippen LogP contribution in [-0.2, 0) is 0 Å². The van der Waals surface area contributed by atoms with Gasteiger partial charge in [-0.05, 0) is 30.7 Å². The number of nitrogens with two attached hydrogens (primary N) is 1. The predicted octanol–water partition coefficient (Wildman–Crippen LogP) is 2.54. The lowest BCUT2D eigenvalue weighted by Crippen LogP contribution is -2.09. The summed E-state index contributed by atoms with van der Waals surface area (Å²) in [6.07, 6.45) is 2.62. The molecule has 94 valence electrons. The Morgan fingerprint density at radius 3 is 2.72 bits per heavy atom. The molecule has 0 aliphatic heterocycles. The van der Waals surface area contributed by atoms with Gasteiger partial charge in [-0.25, -0.2) is 4.98 Å². The van der Waals surface area contributed by atoms with E-state index in [0.29, 0.717) is 12.3 Å². The standard InChI is InChI=1S/C14H17N3O/c15-13-8-4-9-16-14(13)17-10-5-11-18-12-6-2-1-3-7-12/h1-4,6-9H,5,10-11,15H2,(H,16,17). The lowest BCUT2D eigenvalue weighted by atomic mass is 10.3. The lowest BCUT2D eigenvalue weighted by molar-refractivity contribution is 0.315. The van der Waals surface area contributed by atoms with Crippen molar-refractivity contribution in [1.82, 2.24) is 4.98 Å². The van der Waals surface area contributed by atoms with E-state index >= 15 is 0 Å². The summed E-state index contributed by atoms with van der Waals surface area (Å²) in [6.45, 7) is 1.46. The third-order valence-electron chi connectivity index (χ3n) is 2.46. The van der Waals surface area contributed by atoms with Crippen molar-refractivity contribution in [2.45, 2.75) is 6.42 Å². The van der Waals surface area contributed by atoms with E-state index in [9.17, 15) is 0 Å².